The Morgan fingerprint density at radius 3 is 1.85 bits per heavy atom. The van der Waals surface area contributed by atoms with Gasteiger partial charge in [0.05, 0.1) is 7.11 Å². The van der Waals surface area contributed by atoms with Gasteiger partial charge >= 0.3 is 0 Å². The summed E-state index contributed by atoms with van der Waals surface area (Å²) in [5, 5.41) is 3.70. The Bertz CT molecular complexity index is 744. The molecule has 0 saturated carbocycles. The summed E-state index contributed by atoms with van der Waals surface area (Å²) in [6.07, 6.45) is 2.10. The summed E-state index contributed by atoms with van der Waals surface area (Å²) in [4.78, 5) is 0. The van der Waals surface area contributed by atoms with Crippen LogP contribution in [0.15, 0.2) is 84.9 Å². The standard InChI is InChI=1S/C25H29NO/c1-20(19-21-13-15-24(27-2)16-14-21)26-18-17-25(22-9-5-3-6-10-22)23-11-7-4-8-12-23/h3-16,20,25-26H,17-19H2,1-2H3/t20-/m1/s1. The zero-order valence-corrected chi connectivity index (χ0v) is 16.3. The van der Waals surface area contributed by atoms with Gasteiger partial charge in [-0.2, -0.15) is 0 Å². The highest BCUT2D eigenvalue weighted by molar-refractivity contribution is 5.32. The van der Waals surface area contributed by atoms with Crippen molar-refractivity contribution in [1.82, 2.24) is 5.32 Å². The summed E-state index contributed by atoms with van der Waals surface area (Å²) in [7, 11) is 1.70. The van der Waals surface area contributed by atoms with E-state index >= 15 is 0 Å². The normalized spacial score (nSPS) is 12.1. The van der Waals surface area contributed by atoms with Crippen molar-refractivity contribution >= 4 is 0 Å². The molecule has 0 unspecified atom stereocenters. The van der Waals surface area contributed by atoms with E-state index in [-0.39, 0.29) is 0 Å². The lowest BCUT2D eigenvalue weighted by Gasteiger charge is -2.20. The van der Waals surface area contributed by atoms with E-state index in [0.29, 0.717) is 12.0 Å². The van der Waals surface area contributed by atoms with Crippen LogP contribution in [0.3, 0.4) is 0 Å². The Morgan fingerprint density at radius 2 is 1.33 bits per heavy atom. The summed E-state index contributed by atoms with van der Waals surface area (Å²) < 4.78 is 5.23. The summed E-state index contributed by atoms with van der Waals surface area (Å²) in [5.41, 5.74) is 4.10. The molecule has 0 spiro atoms. The minimum atomic E-state index is 0.424. The smallest absolute Gasteiger partial charge is 0.118 e. The molecule has 2 heteroatoms. The van der Waals surface area contributed by atoms with E-state index in [2.05, 4.69) is 85.0 Å². The van der Waals surface area contributed by atoms with Gasteiger partial charge in [0.1, 0.15) is 5.75 Å². The van der Waals surface area contributed by atoms with E-state index < -0.39 is 0 Å². The molecule has 3 aromatic rings. The van der Waals surface area contributed by atoms with Gasteiger partial charge in [0.15, 0.2) is 0 Å². The highest BCUT2D eigenvalue weighted by Gasteiger charge is 2.14. The van der Waals surface area contributed by atoms with Gasteiger partial charge < -0.3 is 10.1 Å². The second-order valence-electron chi connectivity index (χ2n) is 7.07. The van der Waals surface area contributed by atoms with Crippen LogP contribution in [0.1, 0.15) is 36.0 Å². The average Bonchev–Trinajstić information content (AvgIpc) is 2.73. The molecule has 2 nitrogen and oxygen atoms in total. The minimum Gasteiger partial charge on any atom is -0.497 e. The molecule has 0 aromatic heterocycles. The highest BCUT2D eigenvalue weighted by Crippen LogP contribution is 2.27. The Balaban J connectivity index is 1.57. The number of benzene rings is 3. The molecule has 0 heterocycles. The van der Waals surface area contributed by atoms with Crippen LogP contribution in [0.5, 0.6) is 5.75 Å². The molecule has 1 atom stereocenters. The molecule has 3 aromatic carbocycles. The molecule has 3 rings (SSSR count). The molecule has 1 N–H and O–H groups in total. The van der Waals surface area contributed by atoms with Gasteiger partial charge in [-0.1, -0.05) is 72.8 Å². The molecule has 27 heavy (non-hydrogen) atoms. The van der Waals surface area contributed by atoms with Gasteiger partial charge in [-0.15, -0.1) is 0 Å². The van der Waals surface area contributed by atoms with E-state index in [4.69, 9.17) is 4.74 Å². The predicted molar refractivity (Wildman–Crippen MR) is 114 cm³/mol. The maximum atomic E-state index is 5.23. The Kier molecular flexibility index (Phi) is 7.06. The first-order valence-electron chi connectivity index (χ1n) is 9.72. The third-order valence-electron chi connectivity index (χ3n) is 5.03. The largest absolute Gasteiger partial charge is 0.497 e. The van der Waals surface area contributed by atoms with Crippen molar-refractivity contribution in [3.8, 4) is 5.75 Å². The van der Waals surface area contributed by atoms with E-state index in [1.165, 1.54) is 16.7 Å². The van der Waals surface area contributed by atoms with Crippen LogP contribution in [0.2, 0.25) is 0 Å². The first kappa shape index (κ1) is 19.2. The zero-order valence-electron chi connectivity index (χ0n) is 16.3. The van der Waals surface area contributed by atoms with E-state index in [0.717, 1.165) is 25.1 Å². The Morgan fingerprint density at radius 1 is 0.778 bits per heavy atom. The van der Waals surface area contributed by atoms with Gasteiger partial charge in [-0.05, 0) is 55.1 Å². The molecule has 0 aliphatic rings. The fourth-order valence-corrected chi connectivity index (χ4v) is 3.56. The lowest BCUT2D eigenvalue weighted by atomic mass is 9.88. The maximum Gasteiger partial charge on any atom is 0.118 e. The fourth-order valence-electron chi connectivity index (χ4n) is 3.56. The van der Waals surface area contributed by atoms with Crippen LogP contribution in [0.25, 0.3) is 0 Å². The predicted octanol–water partition coefficient (Wildman–Crippen LogP) is 5.44. The number of hydrogen-bond donors (Lipinski definition) is 1. The number of nitrogens with one attached hydrogen (secondary N) is 1. The summed E-state index contributed by atoms with van der Waals surface area (Å²) in [6.45, 7) is 3.25. The Labute approximate surface area is 163 Å². The molecule has 0 radical (unpaired) electrons. The van der Waals surface area contributed by atoms with Crippen molar-refractivity contribution in [3.05, 3.63) is 102 Å². The van der Waals surface area contributed by atoms with E-state index in [1.807, 2.05) is 12.1 Å². The molecule has 0 aliphatic carbocycles. The van der Waals surface area contributed by atoms with Crippen LogP contribution in [0, 0.1) is 0 Å². The molecule has 0 fully saturated rings. The van der Waals surface area contributed by atoms with E-state index in [9.17, 15) is 0 Å². The molecule has 0 amide bonds. The van der Waals surface area contributed by atoms with Crippen molar-refractivity contribution < 1.29 is 4.74 Å². The number of methoxy groups -OCH3 is 1. The second-order valence-corrected chi connectivity index (χ2v) is 7.07. The number of ether oxygens (including phenoxy) is 1. The van der Waals surface area contributed by atoms with Crippen LogP contribution >= 0.6 is 0 Å². The van der Waals surface area contributed by atoms with Crippen LogP contribution in [-0.2, 0) is 6.42 Å². The summed E-state index contributed by atoms with van der Waals surface area (Å²) in [5.74, 6) is 1.33. The van der Waals surface area contributed by atoms with Gasteiger partial charge in [0.25, 0.3) is 0 Å². The molecule has 0 saturated heterocycles. The Hall–Kier alpha value is -2.58. The topological polar surface area (TPSA) is 21.3 Å². The van der Waals surface area contributed by atoms with E-state index in [1.54, 1.807) is 7.11 Å². The van der Waals surface area contributed by atoms with Gasteiger partial charge in [0, 0.05) is 12.0 Å². The average molecular weight is 360 g/mol. The number of hydrogen-bond acceptors (Lipinski definition) is 2. The zero-order chi connectivity index (χ0) is 18.9. The maximum absolute atomic E-state index is 5.23. The monoisotopic (exact) mass is 359 g/mol. The quantitative estimate of drug-likeness (QED) is 0.549. The van der Waals surface area contributed by atoms with Crippen molar-refractivity contribution in [2.75, 3.05) is 13.7 Å². The van der Waals surface area contributed by atoms with Crippen LogP contribution in [-0.4, -0.2) is 19.7 Å². The van der Waals surface area contributed by atoms with Crippen molar-refractivity contribution in [2.24, 2.45) is 0 Å². The molecular weight excluding hydrogens is 330 g/mol. The lowest BCUT2D eigenvalue weighted by Crippen LogP contribution is -2.30. The van der Waals surface area contributed by atoms with Crippen molar-refractivity contribution in [1.29, 1.82) is 0 Å². The van der Waals surface area contributed by atoms with Gasteiger partial charge in [-0.3, -0.25) is 0 Å². The summed E-state index contributed by atoms with van der Waals surface area (Å²) >= 11 is 0. The lowest BCUT2D eigenvalue weighted by molar-refractivity contribution is 0.414. The van der Waals surface area contributed by atoms with Gasteiger partial charge in [-0.25, -0.2) is 0 Å². The first-order chi connectivity index (χ1) is 13.3. The summed E-state index contributed by atoms with van der Waals surface area (Å²) in [6, 6.07) is 30.4. The fraction of sp³-hybridized carbons (Fsp3) is 0.280. The number of rotatable bonds is 9. The third kappa shape index (κ3) is 5.70. The minimum absolute atomic E-state index is 0.424. The molecule has 140 valence electrons. The SMILES string of the molecule is COc1ccc(C[C@@H](C)NCCC(c2ccccc2)c2ccccc2)cc1. The third-order valence-corrected chi connectivity index (χ3v) is 5.03. The van der Waals surface area contributed by atoms with Crippen LogP contribution in [0.4, 0.5) is 0 Å². The molecule has 0 aliphatic heterocycles. The molecule has 0 bridgehead atoms. The van der Waals surface area contributed by atoms with Crippen molar-refractivity contribution in [3.63, 3.8) is 0 Å². The molecular formula is C25H29NO. The first-order valence-corrected chi connectivity index (χ1v) is 9.72. The second kappa shape index (κ2) is 9.94. The van der Waals surface area contributed by atoms with Crippen LogP contribution < -0.4 is 10.1 Å². The van der Waals surface area contributed by atoms with Crippen molar-refractivity contribution in [2.45, 2.75) is 31.7 Å². The highest BCUT2D eigenvalue weighted by atomic mass is 16.5. The van der Waals surface area contributed by atoms with Gasteiger partial charge in [0.2, 0.25) is 0 Å².